The van der Waals surface area contributed by atoms with Crippen molar-refractivity contribution in [1.82, 2.24) is 16.0 Å². The predicted octanol–water partition coefficient (Wildman–Crippen LogP) is -1.58. The van der Waals surface area contributed by atoms with E-state index in [-0.39, 0.29) is 25.0 Å². The first-order valence-corrected chi connectivity index (χ1v) is 10.8. The standard InChI is InChI=1S/C16H28N4O7S2/c1-8(18-14(24)9(17)3-4-12(21)22)13(23)19-10(5-6-29-2)15(25)20-11(7-28)16(26)27/h8-11,28H,3-7,17H2,1-2H3,(H,18,24)(H,19,23)(H,20,25)(H,21,22)(H,26,27). The van der Waals surface area contributed by atoms with E-state index in [2.05, 4.69) is 28.6 Å². The normalized spacial score (nSPS) is 14.8. The summed E-state index contributed by atoms with van der Waals surface area (Å²) in [6.07, 6.45) is 1.68. The Morgan fingerprint density at radius 3 is 2.03 bits per heavy atom. The molecular formula is C16H28N4O7S2. The fourth-order valence-electron chi connectivity index (χ4n) is 2.06. The molecule has 0 heterocycles. The highest BCUT2D eigenvalue weighted by molar-refractivity contribution is 7.98. The van der Waals surface area contributed by atoms with E-state index < -0.39 is 53.8 Å². The summed E-state index contributed by atoms with van der Waals surface area (Å²) in [4.78, 5) is 58.3. The zero-order valence-electron chi connectivity index (χ0n) is 16.2. The molecule has 0 aliphatic carbocycles. The van der Waals surface area contributed by atoms with Gasteiger partial charge in [-0.15, -0.1) is 0 Å². The van der Waals surface area contributed by atoms with Crippen LogP contribution in [0.3, 0.4) is 0 Å². The largest absolute Gasteiger partial charge is 0.481 e. The fourth-order valence-corrected chi connectivity index (χ4v) is 2.77. The molecule has 13 heteroatoms. The summed E-state index contributed by atoms with van der Waals surface area (Å²) in [5.74, 6) is -3.97. The predicted molar refractivity (Wildman–Crippen MR) is 111 cm³/mol. The molecule has 4 atom stereocenters. The Morgan fingerprint density at radius 1 is 0.966 bits per heavy atom. The average Bonchev–Trinajstić information content (AvgIpc) is 2.66. The molecule has 0 aromatic heterocycles. The maximum atomic E-state index is 12.4. The Kier molecular flexibility index (Phi) is 13.1. The van der Waals surface area contributed by atoms with E-state index >= 15 is 0 Å². The highest BCUT2D eigenvalue weighted by Gasteiger charge is 2.28. The molecule has 0 aromatic rings. The van der Waals surface area contributed by atoms with Crippen LogP contribution in [-0.2, 0) is 24.0 Å². The van der Waals surface area contributed by atoms with E-state index in [1.54, 1.807) is 0 Å². The van der Waals surface area contributed by atoms with Crippen molar-refractivity contribution < 1.29 is 34.2 Å². The van der Waals surface area contributed by atoms with Crippen LogP contribution in [0.5, 0.6) is 0 Å². The van der Waals surface area contributed by atoms with Crippen molar-refractivity contribution in [2.24, 2.45) is 5.73 Å². The van der Waals surface area contributed by atoms with Crippen molar-refractivity contribution in [3.8, 4) is 0 Å². The molecule has 0 spiro atoms. The van der Waals surface area contributed by atoms with E-state index in [9.17, 15) is 24.0 Å². The van der Waals surface area contributed by atoms with Gasteiger partial charge in [0.05, 0.1) is 6.04 Å². The number of carboxylic acid groups (broad SMARTS) is 2. The maximum absolute atomic E-state index is 12.4. The number of hydrogen-bond donors (Lipinski definition) is 7. The lowest BCUT2D eigenvalue weighted by molar-refractivity contribution is -0.141. The van der Waals surface area contributed by atoms with Crippen molar-refractivity contribution in [1.29, 1.82) is 0 Å². The van der Waals surface area contributed by atoms with Gasteiger partial charge in [-0.25, -0.2) is 4.79 Å². The summed E-state index contributed by atoms with van der Waals surface area (Å²) in [6, 6.07) is -4.34. The maximum Gasteiger partial charge on any atom is 0.327 e. The number of amides is 3. The number of hydrogen-bond acceptors (Lipinski definition) is 8. The number of thioether (sulfide) groups is 1. The molecule has 0 saturated heterocycles. The number of rotatable bonds is 14. The average molecular weight is 453 g/mol. The topological polar surface area (TPSA) is 188 Å². The van der Waals surface area contributed by atoms with E-state index in [1.165, 1.54) is 18.7 Å². The van der Waals surface area contributed by atoms with Gasteiger partial charge in [0.1, 0.15) is 18.1 Å². The first-order chi connectivity index (χ1) is 13.5. The molecule has 11 nitrogen and oxygen atoms in total. The zero-order chi connectivity index (χ0) is 22.6. The minimum Gasteiger partial charge on any atom is -0.481 e. The van der Waals surface area contributed by atoms with E-state index in [4.69, 9.17) is 15.9 Å². The summed E-state index contributed by atoms with van der Waals surface area (Å²) in [6.45, 7) is 1.38. The molecule has 4 unspecified atom stereocenters. The molecule has 7 N–H and O–H groups in total. The second kappa shape index (κ2) is 14.1. The van der Waals surface area contributed by atoms with Gasteiger partial charge >= 0.3 is 11.9 Å². The molecule has 0 saturated carbocycles. The molecule has 0 aliphatic heterocycles. The smallest absolute Gasteiger partial charge is 0.327 e. The lowest BCUT2D eigenvalue weighted by Crippen LogP contribution is -2.56. The number of nitrogens with two attached hydrogens (primary N) is 1. The van der Waals surface area contributed by atoms with Gasteiger partial charge < -0.3 is 31.9 Å². The quantitative estimate of drug-likeness (QED) is 0.153. The Morgan fingerprint density at radius 2 is 1.55 bits per heavy atom. The van der Waals surface area contributed by atoms with Crippen molar-refractivity contribution in [2.75, 3.05) is 17.8 Å². The summed E-state index contributed by atoms with van der Waals surface area (Å²) in [7, 11) is 0. The molecule has 0 rings (SSSR count). The highest BCUT2D eigenvalue weighted by atomic mass is 32.2. The van der Waals surface area contributed by atoms with Crippen molar-refractivity contribution in [3.05, 3.63) is 0 Å². The summed E-state index contributed by atoms with van der Waals surface area (Å²) >= 11 is 5.31. The van der Waals surface area contributed by atoms with Crippen LogP contribution in [0.15, 0.2) is 0 Å². The molecule has 3 amide bonds. The highest BCUT2D eigenvalue weighted by Crippen LogP contribution is 2.03. The minimum atomic E-state index is -1.25. The Balaban J connectivity index is 4.90. The molecule has 0 aromatic carbocycles. The van der Waals surface area contributed by atoms with Crippen LogP contribution in [0.1, 0.15) is 26.2 Å². The van der Waals surface area contributed by atoms with Gasteiger partial charge in [-0.3, -0.25) is 19.2 Å². The third-order valence-electron chi connectivity index (χ3n) is 3.80. The van der Waals surface area contributed by atoms with Crippen LogP contribution in [0.4, 0.5) is 0 Å². The van der Waals surface area contributed by atoms with Gasteiger partial charge in [0.25, 0.3) is 0 Å². The number of thiol groups is 1. The number of nitrogens with one attached hydrogen (secondary N) is 3. The second-order valence-corrected chi connectivity index (χ2v) is 7.54. The van der Waals surface area contributed by atoms with Crippen molar-refractivity contribution in [3.63, 3.8) is 0 Å². The van der Waals surface area contributed by atoms with E-state index in [1.807, 2.05) is 6.26 Å². The number of carboxylic acids is 2. The Labute approximate surface area is 178 Å². The van der Waals surface area contributed by atoms with Crippen molar-refractivity contribution in [2.45, 2.75) is 50.4 Å². The Hall–Kier alpha value is -1.99. The molecule has 166 valence electrons. The molecule has 29 heavy (non-hydrogen) atoms. The van der Waals surface area contributed by atoms with Gasteiger partial charge in [0.15, 0.2) is 0 Å². The fraction of sp³-hybridized carbons (Fsp3) is 0.688. The number of carbonyl (C=O) groups excluding carboxylic acids is 3. The lowest BCUT2D eigenvalue weighted by atomic mass is 10.1. The molecule has 0 aliphatic rings. The SMILES string of the molecule is CSCCC(NC(=O)C(C)NC(=O)C(N)CCC(=O)O)C(=O)NC(CS)C(=O)O. The molecule has 0 bridgehead atoms. The molecule has 0 radical (unpaired) electrons. The van der Waals surface area contributed by atoms with Gasteiger partial charge in [-0.1, -0.05) is 0 Å². The van der Waals surface area contributed by atoms with Gasteiger partial charge in [0, 0.05) is 12.2 Å². The summed E-state index contributed by atoms with van der Waals surface area (Å²) < 4.78 is 0. The second-order valence-electron chi connectivity index (χ2n) is 6.19. The monoisotopic (exact) mass is 452 g/mol. The first-order valence-electron chi connectivity index (χ1n) is 8.74. The van der Waals surface area contributed by atoms with Crippen LogP contribution in [0, 0.1) is 0 Å². The molecule has 0 fully saturated rings. The van der Waals surface area contributed by atoms with Crippen LogP contribution in [0.2, 0.25) is 0 Å². The summed E-state index contributed by atoms with van der Waals surface area (Å²) in [5, 5.41) is 24.8. The van der Waals surface area contributed by atoms with Gasteiger partial charge in [0.2, 0.25) is 17.7 Å². The minimum absolute atomic E-state index is 0.0887. The lowest BCUT2D eigenvalue weighted by Gasteiger charge is -2.23. The van der Waals surface area contributed by atoms with E-state index in [0.29, 0.717) is 5.75 Å². The van der Waals surface area contributed by atoms with Crippen LogP contribution in [0.25, 0.3) is 0 Å². The number of carbonyl (C=O) groups is 5. The van der Waals surface area contributed by atoms with Crippen molar-refractivity contribution >= 4 is 54.1 Å². The third-order valence-corrected chi connectivity index (χ3v) is 4.81. The van der Waals surface area contributed by atoms with E-state index in [0.717, 1.165) is 0 Å². The third kappa shape index (κ3) is 10.9. The zero-order valence-corrected chi connectivity index (χ0v) is 17.9. The van der Waals surface area contributed by atoms with Crippen LogP contribution >= 0.6 is 24.4 Å². The molecular weight excluding hydrogens is 424 g/mol. The van der Waals surface area contributed by atoms with Gasteiger partial charge in [-0.2, -0.15) is 24.4 Å². The number of aliphatic carboxylic acids is 2. The Bertz CT molecular complexity index is 606. The summed E-state index contributed by atoms with van der Waals surface area (Å²) in [5.41, 5.74) is 5.59. The van der Waals surface area contributed by atoms with Crippen LogP contribution < -0.4 is 21.7 Å². The first kappa shape index (κ1) is 27.0. The van der Waals surface area contributed by atoms with Crippen LogP contribution in [-0.4, -0.2) is 81.8 Å². The van der Waals surface area contributed by atoms with Gasteiger partial charge in [-0.05, 0) is 31.8 Å².